The van der Waals surface area contributed by atoms with Crippen molar-refractivity contribution in [2.75, 3.05) is 0 Å². The first-order chi connectivity index (χ1) is 8.74. The SMILES string of the molecule is O=C(O)CCc1sc(-c2ccco2)nc1C1CC1. The molecule has 0 saturated heterocycles. The Balaban J connectivity index is 1.89. The van der Waals surface area contributed by atoms with E-state index >= 15 is 0 Å². The molecule has 0 aromatic carbocycles. The van der Waals surface area contributed by atoms with Gasteiger partial charge in [0.15, 0.2) is 10.8 Å². The van der Waals surface area contributed by atoms with Crippen molar-refractivity contribution in [1.82, 2.24) is 4.98 Å². The van der Waals surface area contributed by atoms with Gasteiger partial charge >= 0.3 is 5.97 Å². The quantitative estimate of drug-likeness (QED) is 0.899. The lowest BCUT2D eigenvalue weighted by Crippen LogP contribution is -1.98. The molecule has 0 unspecified atom stereocenters. The van der Waals surface area contributed by atoms with Crippen molar-refractivity contribution in [3.8, 4) is 10.8 Å². The summed E-state index contributed by atoms with van der Waals surface area (Å²) in [7, 11) is 0. The Labute approximate surface area is 108 Å². The highest BCUT2D eigenvalue weighted by Gasteiger charge is 2.30. The number of carboxylic acids is 1. The van der Waals surface area contributed by atoms with Gasteiger partial charge in [-0.05, 0) is 31.4 Å². The van der Waals surface area contributed by atoms with Crippen molar-refractivity contribution >= 4 is 17.3 Å². The van der Waals surface area contributed by atoms with Crippen LogP contribution in [-0.2, 0) is 11.2 Å². The fraction of sp³-hybridized carbons (Fsp3) is 0.385. The third-order valence-electron chi connectivity index (χ3n) is 2.99. The summed E-state index contributed by atoms with van der Waals surface area (Å²) in [4.78, 5) is 16.4. The molecular weight excluding hydrogens is 250 g/mol. The molecule has 0 radical (unpaired) electrons. The highest BCUT2D eigenvalue weighted by Crippen LogP contribution is 2.44. The minimum Gasteiger partial charge on any atom is -0.481 e. The normalized spacial score (nSPS) is 14.9. The van der Waals surface area contributed by atoms with Crippen LogP contribution in [0.2, 0.25) is 0 Å². The van der Waals surface area contributed by atoms with Gasteiger partial charge in [0.25, 0.3) is 0 Å². The van der Waals surface area contributed by atoms with Crippen molar-refractivity contribution in [1.29, 1.82) is 0 Å². The molecule has 0 bridgehead atoms. The monoisotopic (exact) mass is 263 g/mol. The number of aromatic nitrogens is 1. The van der Waals surface area contributed by atoms with Gasteiger partial charge in [-0.15, -0.1) is 11.3 Å². The molecule has 2 heterocycles. The first kappa shape index (κ1) is 11.5. The minimum absolute atomic E-state index is 0.166. The first-order valence-electron chi connectivity index (χ1n) is 5.99. The second-order valence-electron chi connectivity index (χ2n) is 4.47. The minimum atomic E-state index is -0.760. The van der Waals surface area contributed by atoms with E-state index in [0.717, 1.165) is 21.3 Å². The molecule has 4 nitrogen and oxygen atoms in total. The largest absolute Gasteiger partial charge is 0.481 e. The summed E-state index contributed by atoms with van der Waals surface area (Å²) in [5.41, 5.74) is 1.09. The van der Waals surface area contributed by atoms with Gasteiger partial charge in [-0.3, -0.25) is 4.79 Å². The number of aliphatic carboxylic acids is 1. The standard InChI is InChI=1S/C13H13NO3S/c15-11(16)6-5-10-12(8-3-4-8)14-13(18-10)9-2-1-7-17-9/h1-2,7-8H,3-6H2,(H,15,16). The Kier molecular flexibility index (Phi) is 2.91. The average Bonchev–Trinajstić information content (AvgIpc) is 2.91. The average molecular weight is 263 g/mol. The summed E-state index contributed by atoms with van der Waals surface area (Å²) in [5.74, 6) is 0.543. The Morgan fingerprint density at radius 1 is 1.56 bits per heavy atom. The van der Waals surface area contributed by atoms with Gasteiger partial charge in [-0.25, -0.2) is 4.98 Å². The summed E-state index contributed by atoms with van der Waals surface area (Å²) >= 11 is 1.56. The zero-order chi connectivity index (χ0) is 12.5. The van der Waals surface area contributed by atoms with E-state index in [1.165, 1.54) is 12.8 Å². The van der Waals surface area contributed by atoms with Crippen molar-refractivity contribution in [3.63, 3.8) is 0 Å². The van der Waals surface area contributed by atoms with E-state index in [0.29, 0.717) is 12.3 Å². The molecule has 1 fully saturated rings. The predicted octanol–water partition coefficient (Wildman–Crippen LogP) is 3.30. The summed E-state index contributed by atoms with van der Waals surface area (Å²) in [5, 5.41) is 9.64. The molecule has 2 aromatic rings. The van der Waals surface area contributed by atoms with Crippen LogP contribution in [0.3, 0.4) is 0 Å². The van der Waals surface area contributed by atoms with Crippen LogP contribution in [0.25, 0.3) is 10.8 Å². The van der Waals surface area contributed by atoms with Gasteiger partial charge < -0.3 is 9.52 Å². The number of furan rings is 1. The highest BCUT2D eigenvalue weighted by atomic mass is 32.1. The summed E-state index contributed by atoms with van der Waals surface area (Å²) in [6.45, 7) is 0. The molecule has 1 aliphatic carbocycles. The van der Waals surface area contributed by atoms with Crippen LogP contribution in [0.1, 0.15) is 35.8 Å². The third-order valence-corrected chi connectivity index (χ3v) is 4.13. The van der Waals surface area contributed by atoms with E-state index in [9.17, 15) is 4.79 Å². The lowest BCUT2D eigenvalue weighted by Gasteiger charge is -1.97. The highest BCUT2D eigenvalue weighted by molar-refractivity contribution is 7.15. The number of nitrogens with zero attached hydrogens (tertiary/aromatic N) is 1. The molecule has 1 aliphatic rings. The molecule has 5 heteroatoms. The molecule has 1 saturated carbocycles. The number of hydrogen-bond donors (Lipinski definition) is 1. The molecule has 0 amide bonds. The van der Waals surface area contributed by atoms with Gasteiger partial charge in [0.05, 0.1) is 18.4 Å². The van der Waals surface area contributed by atoms with E-state index in [1.807, 2.05) is 12.1 Å². The number of hydrogen-bond acceptors (Lipinski definition) is 4. The number of aryl methyl sites for hydroxylation is 1. The Morgan fingerprint density at radius 3 is 3.00 bits per heavy atom. The fourth-order valence-electron chi connectivity index (χ4n) is 1.94. The molecule has 2 aromatic heterocycles. The third kappa shape index (κ3) is 2.31. The molecule has 0 atom stereocenters. The fourth-order valence-corrected chi connectivity index (χ4v) is 3.06. The van der Waals surface area contributed by atoms with Crippen LogP contribution in [-0.4, -0.2) is 16.1 Å². The van der Waals surface area contributed by atoms with E-state index in [1.54, 1.807) is 17.6 Å². The zero-order valence-corrected chi connectivity index (χ0v) is 10.6. The predicted molar refractivity (Wildman–Crippen MR) is 67.7 cm³/mol. The van der Waals surface area contributed by atoms with Gasteiger partial charge in [-0.2, -0.15) is 0 Å². The molecule has 0 spiro atoms. The van der Waals surface area contributed by atoms with E-state index in [2.05, 4.69) is 4.98 Å². The van der Waals surface area contributed by atoms with Crippen molar-refractivity contribution in [2.45, 2.75) is 31.6 Å². The van der Waals surface area contributed by atoms with Crippen LogP contribution in [0.5, 0.6) is 0 Å². The Morgan fingerprint density at radius 2 is 2.39 bits per heavy atom. The van der Waals surface area contributed by atoms with Crippen LogP contribution in [0.15, 0.2) is 22.8 Å². The van der Waals surface area contributed by atoms with E-state index < -0.39 is 5.97 Å². The summed E-state index contributed by atoms with van der Waals surface area (Å²) < 4.78 is 5.35. The lowest BCUT2D eigenvalue weighted by molar-refractivity contribution is -0.136. The second-order valence-corrected chi connectivity index (χ2v) is 5.56. The molecule has 0 aliphatic heterocycles. The summed E-state index contributed by atoms with van der Waals surface area (Å²) in [6.07, 6.45) is 4.70. The Bertz CT molecular complexity index is 555. The van der Waals surface area contributed by atoms with Crippen molar-refractivity contribution in [2.24, 2.45) is 0 Å². The number of carboxylic acid groups (broad SMARTS) is 1. The van der Waals surface area contributed by atoms with Crippen LogP contribution < -0.4 is 0 Å². The van der Waals surface area contributed by atoms with Gasteiger partial charge in [-0.1, -0.05) is 0 Å². The van der Waals surface area contributed by atoms with Crippen molar-refractivity contribution in [3.05, 3.63) is 29.0 Å². The second kappa shape index (κ2) is 4.57. The van der Waals surface area contributed by atoms with Crippen LogP contribution in [0, 0.1) is 0 Å². The first-order valence-corrected chi connectivity index (χ1v) is 6.81. The number of carbonyl (C=O) groups is 1. The van der Waals surface area contributed by atoms with E-state index in [4.69, 9.17) is 9.52 Å². The molecule has 1 N–H and O–H groups in total. The van der Waals surface area contributed by atoms with Crippen LogP contribution in [0.4, 0.5) is 0 Å². The maximum atomic E-state index is 10.7. The lowest BCUT2D eigenvalue weighted by atomic mass is 10.2. The number of thiazole rings is 1. The molecule has 94 valence electrons. The maximum absolute atomic E-state index is 10.7. The maximum Gasteiger partial charge on any atom is 0.303 e. The van der Waals surface area contributed by atoms with E-state index in [-0.39, 0.29) is 6.42 Å². The van der Waals surface area contributed by atoms with Gasteiger partial charge in [0, 0.05) is 10.8 Å². The topological polar surface area (TPSA) is 63.3 Å². The zero-order valence-electron chi connectivity index (χ0n) is 9.76. The van der Waals surface area contributed by atoms with Gasteiger partial charge in [0.1, 0.15) is 0 Å². The van der Waals surface area contributed by atoms with Crippen molar-refractivity contribution < 1.29 is 14.3 Å². The number of rotatable bonds is 5. The Hall–Kier alpha value is -1.62. The molecular formula is C13H13NO3S. The van der Waals surface area contributed by atoms with Crippen LogP contribution >= 0.6 is 11.3 Å². The van der Waals surface area contributed by atoms with Gasteiger partial charge in [0.2, 0.25) is 0 Å². The molecule has 18 heavy (non-hydrogen) atoms. The smallest absolute Gasteiger partial charge is 0.303 e. The molecule has 3 rings (SSSR count). The summed E-state index contributed by atoms with van der Waals surface area (Å²) in [6, 6.07) is 3.72.